The highest BCUT2D eigenvalue weighted by molar-refractivity contribution is 5.49. The molecule has 0 fully saturated rings. The Bertz CT molecular complexity index is 313. The summed E-state index contributed by atoms with van der Waals surface area (Å²) in [5, 5.41) is 3.23. The Balaban J connectivity index is 2.56. The molecule has 0 aliphatic heterocycles. The number of nitrogens with zero attached hydrogens (tertiary/aromatic N) is 1. The molecular formula is C12H21N3O. The van der Waals surface area contributed by atoms with Gasteiger partial charge in [-0.1, -0.05) is 0 Å². The lowest BCUT2D eigenvalue weighted by molar-refractivity contribution is 0.243. The minimum absolute atomic E-state index is 0.151. The van der Waals surface area contributed by atoms with E-state index in [0.717, 1.165) is 24.5 Å². The fraction of sp³-hybridized carbons (Fsp3) is 0.583. The van der Waals surface area contributed by atoms with E-state index in [9.17, 15) is 0 Å². The summed E-state index contributed by atoms with van der Waals surface area (Å²) in [7, 11) is 0. The van der Waals surface area contributed by atoms with Crippen molar-refractivity contribution in [3.05, 3.63) is 18.3 Å². The summed E-state index contributed by atoms with van der Waals surface area (Å²) in [6, 6.07) is 3.99. The molecular weight excluding hydrogens is 202 g/mol. The second-order valence-electron chi connectivity index (χ2n) is 4.21. The normalized spacial score (nSPS) is 12.6. The highest BCUT2D eigenvalue weighted by atomic mass is 16.5. The number of hydrogen-bond acceptors (Lipinski definition) is 4. The molecule has 90 valence electrons. The van der Waals surface area contributed by atoms with Crippen molar-refractivity contribution in [1.29, 1.82) is 0 Å². The first-order valence-corrected chi connectivity index (χ1v) is 5.70. The van der Waals surface area contributed by atoms with Crippen LogP contribution in [0.4, 0.5) is 5.82 Å². The Morgan fingerprint density at radius 3 is 2.81 bits per heavy atom. The van der Waals surface area contributed by atoms with Crippen molar-refractivity contribution in [2.75, 3.05) is 11.9 Å². The molecule has 0 aliphatic rings. The van der Waals surface area contributed by atoms with Crippen molar-refractivity contribution >= 4 is 5.82 Å². The van der Waals surface area contributed by atoms with E-state index in [2.05, 4.69) is 10.3 Å². The summed E-state index contributed by atoms with van der Waals surface area (Å²) in [6.45, 7) is 6.80. The highest BCUT2D eigenvalue weighted by Crippen LogP contribution is 2.21. The monoisotopic (exact) mass is 223 g/mol. The van der Waals surface area contributed by atoms with Crippen molar-refractivity contribution in [1.82, 2.24) is 4.98 Å². The molecule has 0 aromatic carbocycles. The summed E-state index contributed by atoms with van der Waals surface area (Å²) in [4.78, 5) is 4.25. The molecule has 1 aromatic rings. The largest absolute Gasteiger partial charge is 0.487 e. The van der Waals surface area contributed by atoms with E-state index >= 15 is 0 Å². The molecule has 1 rings (SSSR count). The second kappa shape index (κ2) is 6.33. The summed E-state index contributed by atoms with van der Waals surface area (Å²) >= 11 is 0. The van der Waals surface area contributed by atoms with E-state index in [1.807, 2.05) is 32.9 Å². The van der Waals surface area contributed by atoms with E-state index < -0.39 is 0 Å². The minimum Gasteiger partial charge on any atom is -0.487 e. The molecule has 16 heavy (non-hydrogen) atoms. The Kier molecular flexibility index (Phi) is 5.05. The number of anilines is 1. The smallest absolute Gasteiger partial charge is 0.168 e. The lowest BCUT2D eigenvalue weighted by atomic mass is 10.2. The zero-order valence-electron chi connectivity index (χ0n) is 10.2. The van der Waals surface area contributed by atoms with Crippen molar-refractivity contribution in [3.63, 3.8) is 0 Å². The first kappa shape index (κ1) is 12.8. The number of nitrogens with two attached hydrogens (primary N) is 1. The van der Waals surface area contributed by atoms with Gasteiger partial charge in [-0.25, -0.2) is 4.98 Å². The third kappa shape index (κ3) is 4.49. The molecule has 0 aliphatic carbocycles. The predicted octanol–water partition coefficient (Wildman–Crippen LogP) is 2.02. The van der Waals surface area contributed by atoms with Crippen LogP contribution in [0, 0.1) is 0 Å². The summed E-state index contributed by atoms with van der Waals surface area (Å²) < 4.78 is 5.65. The first-order valence-electron chi connectivity index (χ1n) is 5.70. The average Bonchev–Trinajstić information content (AvgIpc) is 2.19. The van der Waals surface area contributed by atoms with Crippen LogP contribution < -0.4 is 15.8 Å². The molecule has 1 aromatic heterocycles. The number of nitrogens with one attached hydrogen (secondary N) is 1. The van der Waals surface area contributed by atoms with Gasteiger partial charge < -0.3 is 15.8 Å². The van der Waals surface area contributed by atoms with Gasteiger partial charge in [-0.3, -0.25) is 0 Å². The highest BCUT2D eigenvalue weighted by Gasteiger charge is 2.05. The average molecular weight is 223 g/mol. The van der Waals surface area contributed by atoms with Crippen LogP contribution in [0.25, 0.3) is 0 Å². The first-order chi connectivity index (χ1) is 7.59. The van der Waals surface area contributed by atoms with Crippen LogP contribution in [0.2, 0.25) is 0 Å². The SMILES string of the molecule is CC(N)CCNc1ncccc1OC(C)C. The fourth-order valence-electron chi connectivity index (χ4n) is 1.29. The van der Waals surface area contributed by atoms with Gasteiger partial charge in [0.15, 0.2) is 11.6 Å². The molecule has 0 saturated carbocycles. The van der Waals surface area contributed by atoms with Gasteiger partial charge in [0.25, 0.3) is 0 Å². The van der Waals surface area contributed by atoms with Crippen molar-refractivity contribution < 1.29 is 4.74 Å². The zero-order chi connectivity index (χ0) is 12.0. The number of ether oxygens (including phenoxy) is 1. The van der Waals surface area contributed by atoms with E-state index in [1.54, 1.807) is 6.20 Å². The molecule has 0 bridgehead atoms. The fourth-order valence-corrected chi connectivity index (χ4v) is 1.29. The third-order valence-electron chi connectivity index (χ3n) is 2.03. The summed E-state index contributed by atoms with van der Waals surface area (Å²) in [5.41, 5.74) is 5.68. The maximum Gasteiger partial charge on any atom is 0.168 e. The molecule has 0 spiro atoms. The van der Waals surface area contributed by atoms with Crippen LogP contribution in [0.5, 0.6) is 5.75 Å². The van der Waals surface area contributed by atoms with Crippen LogP contribution in [-0.4, -0.2) is 23.7 Å². The van der Waals surface area contributed by atoms with Crippen LogP contribution in [0.15, 0.2) is 18.3 Å². The maximum absolute atomic E-state index is 5.68. The Morgan fingerprint density at radius 1 is 1.44 bits per heavy atom. The van der Waals surface area contributed by atoms with Crippen LogP contribution in [0.1, 0.15) is 27.2 Å². The van der Waals surface area contributed by atoms with Gasteiger partial charge in [0.1, 0.15) is 0 Å². The molecule has 3 N–H and O–H groups in total. The molecule has 1 unspecified atom stereocenters. The third-order valence-corrected chi connectivity index (χ3v) is 2.03. The molecule has 1 heterocycles. The van der Waals surface area contributed by atoms with Gasteiger partial charge in [-0.05, 0) is 39.3 Å². The topological polar surface area (TPSA) is 60.2 Å². The van der Waals surface area contributed by atoms with Gasteiger partial charge in [0, 0.05) is 18.8 Å². The summed E-state index contributed by atoms with van der Waals surface area (Å²) in [5.74, 6) is 1.58. The quantitative estimate of drug-likeness (QED) is 0.774. The number of rotatable bonds is 6. The van der Waals surface area contributed by atoms with Gasteiger partial charge in [-0.15, -0.1) is 0 Å². The molecule has 4 heteroatoms. The van der Waals surface area contributed by atoms with Crippen LogP contribution in [-0.2, 0) is 0 Å². The predicted molar refractivity (Wildman–Crippen MR) is 66.8 cm³/mol. The van der Waals surface area contributed by atoms with Crippen molar-refractivity contribution in [2.45, 2.75) is 39.3 Å². The molecule has 0 saturated heterocycles. The van der Waals surface area contributed by atoms with E-state index in [-0.39, 0.29) is 12.1 Å². The van der Waals surface area contributed by atoms with Gasteiger partial charge in [0.2, 0.25) is 0 Å². The van der Waals surface area contributed by atoms with Gasteiger partial charge in [0.05, 0.1) is 6.10 Å². The van der Waals surface area contributed by atoms with Crippen LogP contribution >= 0.6 is 0 Å². The maximum atomic E-state index is 5.68. The number of hydrogen-bond donors (Lipinski definition) is 2. The second-order valence-corrected chi connectivity index (χ2v) is 4.21. The van der Waals surface area contributed by atoms with Crippen molar-refractivity contribution in [3.8, 4) is 5.75 Å². The standard InChI is InChI=1S/C12H21N3O/c1-9(2)16-11-5-4-7-14-12(11)15-8-6-10(3)13/h4-5,7,9-10H,6,8,13H2,1-3H3,(H,14,15). The minimum atomic E-state index is 0.151. The zero-order valence-corrected chi connectivity index (χ0v) is 10.2. The van der Waals surface area contributed by atoms with E-state index in [0.29, 0.717) is 0 Å². The van der Waals surface area contributed by atoms with E-state index in [1.165, 1.54) is 0 Å². The lowest BCUT2D eigenvalue weighted by Gasteiger charge is -2.14. The van der Waals surface area contributed by atoms with E-state index in [4.69, 9.17) is 10.5 Å². The Hall–Kier alpha value is -1.29. The van der Waals surface area contributed by atoms with Crippen LogP contribution in [0.3, 0.4) is 0 Å². The summed E-state index contributed by atoms with van der Waals surface area (Å²) in [6.07, 6.45) is 2.82. The number of pyridine rings is 1. The van der Waals surface area contributed by atoms with Gasteiger partial charge >= 0.3 is 0 Å². The Labute approximate surface area is 97.2 Å². The number of aromatic nitrogens is 1. The van der Waals surface area contributed by atoms with Crippen molar-refractivity contribution in [2.24, 2.45) is 5.73 Å². The lowest BCUT2D eigenvalue weighted by Crippen LogP contribution is -2.19. The molecule has 0 amide bonds. The molecule has 4 nitrogen and oxygen atoms in total. The molecule has 0 radical (unpaired) electrons. The molecule has 1 atom stereocenters. The van der Waals surface area contributed by atoms with Gasteiger partial charge in [-0.2, -0.15) is 0 Å². The Morgan fingerprint density at radius 2 is 2.19 bits per heavy atom.